The Morgan fingerprint density at radius 3 is 1.70 bits per heavy atom. The lowest BCUT2D eigenvalue weighted by Crippen LogP contribution is -2.58. The standard InChI is InChI=1S/C22H33N9O6/c1-11(2)18(24)21(35)31-16(6-13-8-26-10-28-13)20(34)30-15(5-12-7-25-9-27-12)19(33)29-14(22(36)37)3-4-17(23)32/h7-11,14-16,18H,3-6,24H2,1-2H3,(H2,23,32)(H,25,27)(H,26,28)(H,29,33)(H,30,34)(H,31,35)(H,36,37)/t14-,15-,16-,18-/m0/s1. The normalized spacial score (nSPS) is 14.3. The number of hydrogen-bond donors (Lipinski definition) is 8. The second-order valence-electron chi connectivity index (χ2n) is 8.83. The molecule has 2 rings (SSSR count). The van der Waals surface area contributed by atoms with Crippen LogP contribution >= 0.6 is 0 Å². The predicted molar refractivity (Wildman–Crippen MR) is 129 cm³/mol. The number of carboxylic acid groups (broad SMARTS) is 1. The average molecular weight is 520 g/mol. The van der Waals surface area contributed by atoms with Gasteiger partial charge in [-0.1, -0.05) is 13.8 Å². The number of nitrogens with one attached hydrogen (secondary N) is 5. The summed E-state index contributed by atoms with van der Waals surface area (Å²) in [7, 11) is 0. The molecule has 0 spiro atoms. The first-order valence-corrected chi connectivity index (χ1v) is 11.6. The number of aromatic nitrogens is 4. The zero-order valence-corrected chi connectivity index (χ0v) is 20.6. The van der Waals surface area contributed by atoms with Crippen molar-refractivity contribution in [1.82, 2.24) is 35.9 Å². The number of aromatic amines is 2. The Bertz CT molecular complexity index is 1050. The number of hydrogen-bond acceptors (Lipinski definition) is 8. The molecule has 2 heterocycles. The summed E-state index contributed by atoms with van der Waals surface area (Å²) >= 11 is 0. The van der Waals surface area contributed by atoms with Gasteiger partial charge in [0.25, 0.3) is 0 Å². The summed E-state index contributed by atoms with van der Waals surface area (Å²) in [5.41, 5.74) is 11.9. The van der Waals surface area contributed by atoms with Crippen LogP contribution in [0.4, 0.5) is 0 Å². The molecule has 0 aliphatic carbocycles. The molecule has 2 aromatic rings. The summed E-state index contributed by atoms with van der Waals surface area (Å²) in [5, 5.41) is 16.9. The molecular formula is C22H33N9O6. The number of carboxylic acids is 1. The second kappa shape index (κ2) is 13.7. The Hall–Kier alpha value is -4.27. The highest BCUT2D eigenvalue weighted by molar-refractivity contribution is 5.94. The zero-order valence-electron chi connectivity index (χ0n) is 20.6. The van der Waals surface area contributed by atoms with Gasteiger partial charge in [-0.2, -0.15) is 0 Å². The van der Waals surface area contributed by atoms with E-state index in [0.29, 0.717) is 11.4 Å². The quantitative estimate of drug-likeness (QED) is 0.126. The van der Waals surface area contributed by atoms with Crippen LogP contribution in [0.5, 0.6) is 0 Å². The molecule has 0 aliphatic heterocycles. The summed E-state index contributed by atoms with van der Waals surface area (Å²) < 4.78 is 0. The van der Waals surface area contributed by atoms with Crippen molar-refractivity contribution in [1.29, 1.82) is 0 Å². The number of carbonyl (C=O) groups excluding carboxylic acids is 4. The molecule has 0 radical (unpaired) electrons. The predicted octanol–water partition coefficient (Wildman–Crippen LogP) is -2.29. The third-order valence-electron chi connectivity index (χ3n) is 5.52. The molecule has 37 heavy (non-hydrogen) atoms. The van der Waals surface area contributed by atoms with Crippen LogP contribution in [0.2, 0.25) is 0 Å². The molecule has 15 nitrogen and oxygen atoms in total. The van der Waals surface area contributed by atoms with Crippen LogP contribution in [0.25, 0.3) is 0 Å². The highest BCUT2D eigenvalue weighted by Gasteiger charge is 2.31. The van der Waals surface area contributed by atoms with Gasteiger partial charge in [0.15, 0.2) is 0 Å². The van der Waals surface area contributed by atoms with Crippen LogP contribution in [-0.4, -0.2) is 78.8 Å². The van der Waals surface area contributed by atoms with E-state index in [4.69, 9.17) is 11.5 Å². The molecule has 0 unspecified atom stereocenters. The molecule has 0 bridgehead atoms. The molecule has 4 amide bonds. The van der Waals surface area contributed by atoms with Gasteiger partial charge in [-0.05, 0) is 12.3 Å². The highest BCUT2D eigenvalue weighted by Crippen LogP contribution is 2.06. The van der Waals surface area contributed by atoms with Gasteiger partial charge >= 0.3 is 5.97 Å². The van der Waals surface area contributed by atoms with Crippen LogP contribution in [0, 0.1) is 5.92 Å². The molecular weight excluding hydrogens is 486 g/mol. The number of nitrogens with two attached hydrogens (primary N) is 2. The topological polar surface area (TPSA) is 251 Å². The fourth-order valence-electron chi connectivity index (χ4n) is 3.30. The van der Waals surface area contributed by atoms with Crippen molar-refractivity contribution >= 4 is 29.6 Å². The summed E-state index contributed by atoms with van der Waals surface area (Å²) in [4.78, 5) is 75.3. The Morgan fingerprint density at radius 2 is 1.32 bits per heavy atom. The van der Waals surface area contributed by atoms with E-state index in [2.05, 4.69) is 35.9 Å². The third kappa shape index (κ3) is 9.36. The number of carbonyl (C=O) groups is 5. The smallest absolute Gasteiger partial charge is 0.326 e. The van der Waals surface area contributed by atoms with Crippen molar-refractivity contribution in [3.63, 3.8) is 0 Å². The highest BCUT2D eigenvalue weighted by atomic mass is 16.4. The van der Waals surface area contributed by atoms with E-state index in [1.165, 1.54) is 18.9 Å². The minimum absolute atomic E-state index is 0.000997. The minimum Gasteiger partial charge on any atom is -0.480 e. The van der Waals surface area contributed by atoms with Gasteiger partial charge in [0.1, 0.15) is 18.1 Å². The monoisotopic (exact) mass is 519 g/mol. The fraction of sp³-hybridized carbons (Fsp3) is 0.500. The van der Waals surface area contributed by atoms with E-state index in [-0.39, 0.29) is 31.6 Å². The fourth-order valence-corrected chi connectivity index (χ4v) is 3.30. The molecule has 4 atom stereocenters. The zero-order chi connectivity index (χ0) is 27.5. The van der Waals surface area contributed by atoms with E-state index in [1.807, 2.05) is 0 Å². The van der Waals surface area contributed by atoms with Crippen molar-refractivity contribution < 1.29 is 29.1 Å². The summed E-state index contributed by atoms with van der Waals surface area (Å²) in [6, 6.07) is -4.69. The van der Waals surface area contributed by atoms with Crippen molar-refractivity contribution in [2.75, 3.05) is 0 Å². The molecule has 0 aliphatic rings. The van der Waals surface area contributed by atoms with Gasteiger partial charge in [0.2, 0.25) is 23.6 Å². The van der Waals surface area contributed by atoms with Crippen molar-refractivity contribution in [3.8, 4) is 0 Å². The number of amides is 4. The van der Waals surface area contributed by atoms with Crippen molar-refractivity contribution in [2.45, 2.75) is 63.7 Å². The van der Waals surface area contributed by atoms with E-state index in [0.717, 1.165) is 0 Å². The summed E-state index contributed by atoms with van der Waals surface area (Å²) in [6.45, 7) is 3.52. The number of rotatable bonds is 15. The van der Waals surface area contributed by atoms with Gasteiger partial charge in [-0.15, -0.1) is 0 Å². The second-order valence-corrected chi connectivity index (χ2v) is 8.83. The number of nitrogens with zero attached hydrogens (tertiary/aromatic N) is 2. The maximum Gasteiger partial charge on any atom is 0.326 e. The molecule has 10 N–H and O–H groups in total. The minimum atomic E-state index is -1.41. The number of H-pyrrole nitrogens is 2. The van der Waals surface area contributed by atoms with E-state index >= 15 is 0 Å². The largest absolute Gasteiger partial charge is 0.480 e. The Balaban J connectivity index is 2.23. The summed E-state index contributed by atoms with van der Waals surface area (Å²) in [5.74, 6) is -4.38. The van der Waals surface area contributed by atoms with Gasteiger partial charge in [-0.3, -0.25) is 19.2 Å². The van der Waals surface area contributed by atoms with Gasteiger partial charge in [0, 0.05) is 31.7 Å². The molecule has 2 aromatic heterocycles. The molecule has 0 saturated carbocycles. The van der Waals surface area contributed by atoms with Crippen molar-refractivity contribution in [2.24, 2.45) is 17.4 Å². The number of imidazole rings is 2. The Morgan fingerprint density at radius 1 is 0.865 bits per heavy atom. The number of aliphatic carboxylic acids is 1. The van der Waals surface area contributed by atoms with Crippen LogP contribution in [0.1, 0.15) is 38.1 Å². The molecule has 0 fully saturated rings. The van der Waals surface area contributed by atoms with Gasteiger partial charge < -0.3 is 42.5 Å². The van der Waals surface area contributed by atoms with E-state index < -0.39 is 53.8 Å². The Kier molecular flexibility index (Phi) is 10.7. The van der Waals surface area contributed by atoms with Crippen LogP contribution in [-0.2, 0) is 36.8 Å². The number of primary amides is 1. The lowest BCUT2D eigenvalue weighted by molar-refractivity contribution is -0.142. The maximum atomic E-state index is 13.3. The van der Waals surface area contributed by atoms with E-state index in [9.17, 15) is 29.1 Å². The summed E-state index contributed by atoms with van der Waals surface area (Å²) in [6.07, 6.45) is 5.28. The van der Waals surface area contributed by atoms with Crippen LogP contribution in [0.3, 0.4) is 0 Å². The van der Waals surface area contributed by atoms with Crippen LogP contribution in [0.15, 0.2) is 25.0 Å². The molecule has 0 aromatic carbocycles. The van der Waals surface area contributed by atoms with Crippen LogP contribution < -0.4 is 27.4 Å². The molecule has 15 heteroatoms. The lowest BCUT2D eigenvalue weighted by Gasteiger charge is -2.25. The third-order valence-corrected chi connectivity index (χ3v) is 5.52. The van der Waals surface area contributed by atoms with Crippen molar-refractivity contribution in [3.05, 3.63) is 36.4 Å². The first-order chi connectivity index (χ1) is 17.5. The van der Waals surface area contributed by atoms with E-state index in [1.54, 1.807) is 20.0 Å². The Labute approximate surface area is 212 Å². The van der Waals surface area contributed by atoms with Gasteiger partial charge in [0.05, 0.1) is 30.1 Å². The lowest BCUT2D eigenvalue weighted by atomic mass is 10.0. The SMILES string of the molecule is CC(C)[C@H](N)C(=O)N[C@@H](Cc1c[nH]cn1)C(=O)N[C@@H](Cc1c[nH]cn1)C(=O)N[C@@H](CCC(N)=O)C(=O)O. The maximum absolute atomic E-state index is 13.3. The first kappa shape index (κ1) is 29.0. The van der Waals surface area contributed by atoms with Gasteiger partial charge in [-0.25, -0.2) is 14.8 Å². The average Bonchev–Trinajstić information content (AvgIpc) is 3.54. The molecule has 202 valence electrons. The first-order valence-electron chi connectivity index (χ1n) is 11.6. The molecule has 0 saturated heterocycles.